The van der Waals surface area contributed by atoms with Crippen molar-refractivity contribution in [1.29, 1.82) is 0 Å². The molecule has 0 saturated carbocycles. The molecular weight excluding hydrogens is 184 g/mol. The zero-order valence-corrected chi connectivity index (χ0v) is 10.6. The first-order valence-electron chi connectivity index (χ1n) is 6.76. The molecule has 3 unspecified atom stereocenters. The Morgan fingerprint density at radius 3 is 2.33 bits per heavy atom. The van der Waals surface area contributed by atoms with Crippen LogP contribution in [0.15, 0.2) is 0 Å². The number of piperidine rings is 1. The minimum Gasteiger partial charge on any atom is -0.298 e. The van der Waals surface area contributed by atoms with Crippen LogP contribution in [0.5, 0.6) is 0 Å². The van der Waals surface area contributed by atoms with Crippen LogP contribution in [0, 0.1) is 0 Å². The largest absolute Gasteiger partial charge is 0.298 e. The average molecular weight is 210 g/mol. The summed E-state index contributed by atoms with van der Waals surface area (Å²) in [6.45, 7) is 11.0. The van der Waals surface area contributed by atoms with E-state index in [1.165, 1.54) is 45.3 Å². The van der Waals surface area contributed by atoms with Crippen LogP contribution >= 0.6 is 0 Å². The van der Waals surface area contributed by atoms with Gasteiger partial charge in [0, 0.05) is 31.2 Å². The predicted molar refractivity (Wildman–Crippen MR) is 65.1 cm³/mol. The topological polar surface area (TPSA) is 6.48 Å². The molecule has 0 amide bonds. The summed E-state index contributed by atoms with van der Waals surface area (Å²) < 4.78 is 0. The van der Waals surface area contributed by atoms with Crippen LogP contribution in [0.1, 0.15) is 46.5 Å². The van der Waals surface area contributed by atoms with Gasteiger partial charge in [-0.05, 0) is 32.7 Å². The van der Waals surface area contributed by atoms with Crippen LogP contribution in [-0.2, 0) is 0 Å². The summed E-state index contributed by atoms with van der Waals surface area (Å²) in [5, 5.41) is 0. The number of hydrogen-bond donors (Lipinski definition) is 0. The molecule has 3 aliphatic heterocycles. The van der Waals surface area contributed by atoms with Crippen molar-refractivity contribution in [3.05, 3.63) is 0 Å². The van der Waals surface area contributed by atoms with Crippen LogP contribution in [-0.4, -0.2) is 47.6 Å². The molecular formula is C13H26N2. The quantitative estimate of drug-likeness (QED) is 0.687. The van der Waals surface area contributed by atoms with Gasteiger partial charge in [-0.2, -0.15) is 0 Å². The number of nitrogens with zero attached hydrogens (tertiary/aromatic N) is 2. The summed E-state index contributed by atoms with van der Waals surface area (Å²) in [5.74, 6) is 0. The van der Waals surface area contributed by atoms with E-state index in [4.69, 9.17) is 0 Å². The molecule has 2 heteroatoms. The highest BCUT2D eigenvalue weighted by Gasteiger charge is 2.44. The molecule has 0 aromatic heterocycles. The van der Waals surface area contributed by atoms with Gasteiger partial charge >= 0.3 is 0 Å². The summed E-state index contributed by atoms with van der Waals surface area (Å²) in [5.41, 5.74) is 0. The fraction of sp³-hybridized carbons (Fsp3) is 1.00. The van der Waals surface area contributed by atoms with Crippen LogP contribution in [0.3, 0.4) is 0 Å². The molecule has 15 heavy (non-hydrogen) atoms. The molecule has 3 rings (SSSR count). The van der Waals surface area contributed by atoms with Gasteiger partial charge in [0.05, 0.1) is 0 Å². The first-order valence-corrected chi connectivity index (χ1v) is 6.76. The Morgan fingerprint density at radius 2 is 1.80 bits per heavy atom. The summed E-state index contributed by atoms with van der Waals surface area (Å²) in [4.78, 5) is 5.45. The third-order valence-corrected chi connectivity index (χ3v) is 4.18. The van der Waals surface area contributed by atoms with Crippen LogP contribution < -0.4 is 0 Å². The number of rotatable bonds is 5. The fourth-order valence-corrected chi connectivity index (χ4v) is 3.30. The molecule has 3 fully saturated rings. The molecule has 3 heterocycles. The Hall–Kier alpha value is -0.0800. The highest BCUT2D eigenvalue weighted by Crippen LogP contribution is 2.33. The number of piperazine rings is 1. The normalized spacial score (nSPS) is 33.8. The SMILES string of the molecule is CCCC(C)N1CC2CC(C1)N2CCC. The van der Waals surface area contributed by atoms with Gasteiger partial charge in [0.1, 0.15) is 0 Å². The van der Waals surface area contributed by atoms with E-state index in [2.05, 4.69) is 30.6 Å². The van der Waals surface area contributed by atoms with Crippen molar-refractivity contribution in [2.45, 2.75) is 64.6 Å². The molecule has 0 aromatic carbocycles. The first kappa shape index (κ1) is 11.4. The van der Waals surface area contributed by atoms with Crippen molar-refractivity contribution < 1.29 is 0 Å². The second kappa shape index (κ2) is 4.84. The number of fused-ring (bicyclic) bond motifs is 2. The molecule has 0 aliphatic carbocycles. The first-order chi connectivity index (χ1) is 7.26. The summed E-state index contributed by atoms with van der Waals surface area (Å²) in [6, 6.07) is 2.59. The van der Waals surface area contributed by atoms with Crippen molar-refractivity contribution >= 4 is 0 Å². The lowest BCUT2D eigenvalue weighted by atomic mass is 9.86. The minimum absolute atomic E-state index is 0.809. The lowest BCUT2D eigenvalue weighted by Crippen LogP contribution is -2.69. The van der Waals surface area contributed by atoms with Gasteiger partial charge < -0.3 is 0 Å². The third-order valence-electron chi connectivity index (χ3n) is 4.18. The van der Waals surface area contributed by atoms with E-state index in [1.54, 1.807) is 0 Å². The van der Waals surface area contributed by atoms with Crippen LogP contribution in [0.25, 0.3) is 0 Å². The summed E-state index contributed by atoms with van der Waals surface area (Å²) in [6.07, 6.45) is 5.48. The smallest absolute Gasteiger partial charge is 0.0242 e. The van der Waals surface area contributed by atoms with Gasteiger partial charge in [-0.25, -0.2) is 0 Å². The molecule has 2 nitrogen and oxygen atoms in total. The van der Waals surface area contributed by atoms with E-state index >= 15 is 0 Å². The number of hydrogen-bond acceptors (Lipinski definition) is 2. The molecule has 2 bridgehead atoms. The van der Waals surface area contributed by atoms with Gasteiger partial charge in [0.2, 0.25) is 0 Å². The standard InChI is InChI=1S/C13H26N2/c1-4-6-11(3)14-9-12-8-13(10-14)15(12)7-5-2/h11-13H,4-10H2,1-3H3. The Labute approximate surface area is 94.6 Å². The average Bonchev–Trinajstić information content (AvgIpc) is 2.26. The van der Waals surface area contributed by atoms with E-state index < -0.39 is 0 Å². The lowest BCUT2D eigenvalue weighted by molar-refractivity contribution is -0.0803. The molecule has 3 saturated heterocycles. The highest BCUT2D eigenvalue weighted by molar-refractivity contribution is 5.01. The molecule has 3 aliphatic rings. The Kier molecular flexibility index (Phi) is 3.68. The van der Waals surface area contributed by atoms with Crippen molar-refractivity contribution in [1.82, 2.24) is 9.80 Å². The zero-order valence-electron chi connectivity index (χ0n) is 10.6. The Morgan fingerprint density at radius 1 is 1.13 bits per heavy atom. The Bertz CT molecular complexity index is 193. The van der Waals surface area contributed by atoms with Crippen molar-refractivity contribution in [3.63, 3.8) is 0 Å². The molecule has 0 N–H and O–H groups in total. The van der Waals surface area contributed by atoms with Gasteiger partial charge in [-0.15, -0.1) is 0 Å². The highest BCUT2D eigenvalue weighted by atomic mass is 15.4. The van der Waals surface area contributed by atoms with E-state index in [0.717, 1.165) is 18.1 Å². The van der Waals surface area contributed by atoms with Crippen molar-refractivity contribution in [2.24, 2.45) is 0 Å². The second-order valence-corrected chi connectivity index (χ2v) is 5.37. The maximum Gasteiger partial charge on any atom is 0.0242 e. The van der Waals surface area contributed by atoms with Crippen LogP contribution in [0.2, 0.25) is 0 Å². The van der Waals surface area contributed by atoms with E-state index in [0.29, 0.717) is 0 Å². The second-order valence-electron chi connectivity index (χ2n) is 5.37. The van der Waals surface area contributed by atoms with Crippen LogP contribution in [0.4, 0.5) is 0 Å². The van der Waals surface area contributed by atoms with E-state index in [9.17, 15) is 0 Å². The van der Waals surface area contributed by atoms with Gasteiger partial charge in [-0.3, -0.25) is 9.80 Å². The Balaban J connectivity index is 1.81. The molecule has 0 aromatic rings. The predicted octanol–water partition coefficient (Wildman–Crippen LogP) is 2.34. The van der Waals surface area contributed by atoms with Crippen molar-refractivity contribution in [2.75, 3.05) is 19.6 Å². The third kappa shape index (κ3) is 2.21. The van der Waals surface area contributed by atoms with Gasteiger partial charge in [-0.1, -0.05) is 20.3 Å². The summed E-state index contributed by atoms with van der Waals surface area (Å²) >= 11 is 0. The van der Waals surface area contributed by atoms with Gasteiger partial charge in [0.15, 0.2) is 0 Å². The molecule has 0 radical (unpaired) electrons. The molecule has 88 valence electrons. The zero-order chi connectivity index (χ0) is 10.8. The summed E-state index contributed by atoms with van der Waals surface area (Å²) in [7, 11) is 0. The minimum atomic E-state index is 0.809. The monoisotopic (exact) mass is 210 g/mol. The van der Waals surface area contributed by atoms with Gasteiger partial charge in [0.25, 0.3) is 0 Å². The lowest BCUT2D eigenvalue weighted by Gasteiger charge is -2.57. The van der Waals surface area contributed by atoms with E-state index in [1.807, 2.05) is 0 Å². The fourth-order valence-electron chi connectivity index (χ4n) is 3.30. The van der Waals surface area contributed by atoms with E-state index in [-0.39, 0.29) is 0 Å². The maximum absolute atomic E-state index is 2.73. The molecule has 3 atom stereocenters. The van der Waals surface area contributed by atoms with Crippen molar-refractivity contribution in [3.8, 4) is 0 Å². The molecule has 0 spiro atoms. The maximum atomic E-state index is 2.73.